The minimum atomic E-state index is -0.341. The lowest BCUT2D eigenvalue weighted by atomic mass is 9.84. The topological polar surface area (TPSA) is 29.1 Å². The number of carbonyl (C=O) groups is 1. The van der Waals surface area contributed by atoms with Crippen LogP contribution in [0.15, 0.2) is 12.7 Å². The van der Waals surface area contributed by atoms with E-state index in [1.807, 2.05) is 33.9 Å². The van der Waals surface area contributed by atoms with Crippen molar-refractivity contribution in [2.45, 2.75) is 64.8 Å². The highest BCUT2D eigenvalue weighted by Gasteiger charge is 2.31. The Morgan fingerprint density at radius 1 is 1.29 bits per heavy atom. The second kappa shape index (κ2) is 8.46. The van der Waals surface area contributed by atoms with Gasteiger partial charge >= 0.3 is 0 Å². The van der Waals surface area contributed by atoms with Crippen molar-refractivity contribution in [3.8, 4) is 0 Å². The summed E-state index contributed by atoms with van der Waals surface area (Å²) in [5.74, 6) is 0.430. The molecule has 100 valence electrons. The predicted octanol–water partition coefficient (Wildman–Crippen LogP) is 3.72. The Bertz CT molecular complexity index is 235. The molecule has 0 aromatic heterocycles. The van der Waals surface area contributed by atoms with Crippen molar-refractivity contribution in [2.24, 2.45) is 5.92 Å². The van der Waals surface area contributed by atoms with Gasteiger partial charge in [-0.15, -0.1) is 6.58 Å². The largest absolute Gasteiger partial charge is 0.308 e. The van der Waals surface area contributed by atoms with Crippen molar-refractivity contribution in [1.82, 2.24) is 5.32 Å². The summed E-state index contributed by atoms with van der Waals surface area (Å²) in [4.78, 5) is 12.1. The fraction of sp³-hybridized carbons (Fsp3) is 0.800. The third-order valence-electron chi connectivity index (χ3n) is 3.46. The van der Waals surface area contributed by atoms with Gasteiger partial charge in [0.05, 0.1) is 5.54 Å². The molecule has 1 atom stereocenters. The molecule has 0 bridgehead atoms. The summed E-state index contributed by atoms with van der Waals surface area (Å²) in [7, 11) is 1.89. The van der Waals surface area contributed by atoms with Crippen LogP contribution in [0.1, 0.15) is 59.3 Å². The van der Waals surface area contributed by atoms with Gasteiger partial charge in [-0.05, 0) is 33.2 Å². The van der Waals surface area contributed by atoms with Crippen LogP contribution in [0, 0.1) is 5.92 Å². The van der Waals surface area contributed by atoms with E-state index in [4.69, 9.17) is 0 Å². The molecule has 0 amide bonds. The van der Waals surface area contributed by atoms with E-state index >= 15 is 0 Å². The predicted molar refractivity (Wildman–Crippen MR) is 75.2 cm³/mol. The van der Waals surface area contributed by atoms with Crippen LogP contribution in [0.3, 0.4) is 0 Å². The number of allylic oxidation sites excluding steroid dienone is 1. The average molecular weight is 239 g/mol. The number of nitrogens with one attached hydrogen (secondary N) is 1. The molecular formula is C15H29NO. The Morgan fingerprint density at radius 3 is 2.35 bits per heavy atom. The fourth-order valence-electron chi connectivity index (χ4n) is 2.13. The zero-order valence-corrected chi connectivity index (χ0v) is 12.0. The van der Waals surface area contributed by atoms with Crippen LogP contribution < -0.4 is 5.32 Å². The van der Waals surface area contributed by atoms with Gasteiger partial charge in [-0.3, -0.25) is 4.79 Å². The summed E-state index contributed by atoms with van der Waals surface area (Å²) in [6, 6.07) is 0. The summed E-state index contributed by atoms with van der Waals surface area (Å²) in [5.41, 5.74) is -0.341. The summed E-state index contributed by atoms with van der Waals surface area (Å²) in [6.07, 6.45) is 8.80. The van der Waals surface area contributed by atoms with Crippen molar-refractivity contribution in [3.05, 3.63) is 12.7 Å². The second-order valence-electron chi connectivity index (χ2n) is 5.34. The van der Waals surface area contributed by atoms with Gasteiger partial charge in [0.2, 0.25) is 0 Å². The second-order valence-corrected chi connectivity index (χ2v) is 5.34. The molecule has 0 aliphatic carbocycles. The van der Waals surface area contributed by atoms with Crippen LogP contribution in [-0.4, -0.2) is 18.4 Å². The van der Waals surface area contributed by atoms with E-state index in [1.165, 1.54) is 19.3 Å². The highest BCUT2D eigenvalue weighted by Crippen LogP contribution is 2.20. The third kappa shape index (κ3) is 6.02. The molecule has 1 N–H and O–H groups in total. The molecule has 0 aliphatic rings. The molecule has 0 saturated heterocycles. The highest BCUT2D eigenvalue weighted by molar-refractivity contribution is 5.89. The monoisotopic (exact) mass is 239 g/mol. The van der Waals surface area contributed by atoms with Crippen LogP contribution in [0.4, 0.5) is 0 Å². The molecule has 17 heavy (non-hydrogen) atoms. The Hall–Kier alpha value is -0.630. The maximum Gasteiger partial charge on any atom is 0.155 e. The smallest absolute Gasteiger partial charge is 0.155 e. The van der Waals surface area contributed by atoms with Crippen LogP contribution in [0.5, 0.6) is 0 Å². The average Bonchev–Trinajstić information content (AvgIpc) is 2.32. The van der Waals surface area contributed by atoms with Crippen molar-refractivity contribution in [1.29, 1.82) is 0 Å². The van der Waals surface area contributed by atoms with E-state index in [0.717, 1.165) is 19.3 Å². The molecular weight excluding hydrogens is 210 g/mol. The van der Waals surface area contributed by atoms with Crippen molar-refractivity contribution in [2.75, 3.05) is 7.05 Å². The molecule has 2 heteroatoms. The molecule has 2 nitrogen and oxygen atoms in total. The van der Waals surface area contributed by atoms with Crippen LogP contribution in [0.2, 0.25) is 0 Å². The first kappa shape index (κ1) is 16.4. The molecule has 0 radical (unpaired) electrons. The van der Waals surface area contributed by atoms with Crippen LogP contribution in [0.25, 0.3) is 0 Å². The number of Topliss-reactive ketones (excluding diaryl/α,β-unsaturated/α-hetero) is 1. The molecule has 0 heterocycles. The molecule has 0 fully saturated rings. The quantitative estimate of drug-likeness (QED) is 0.465. The maximum atomic E-state index is 12.1. The molecule has 0 aromatic rings. The summed E-state index contributed by atoms with van der Waals surface area (Å²) in [5, 5.41) is 3.20. The zero-order chi connectivity index (χ0) is 13.3. The van der Waals surface area contributed by atoms with Gasteiger partial charge in [-0.2, -0.15) is 0 Å². The lowest BCUT2D eigenvalue weighted by Crippen LogP contribution is -2.49. The number of hydrogen-bond acceptors (Lipinski definition) is 2. The summed E-state index contributed by atoms with van der Waals surface area (Å²) in [6.45, 7) is 9.69. The molecule has 0 unspecified atom stereocenters. The minimum absolute atomic E-state index is 0.105. The summed E-state index contributed by atoms with van der Waals surface area (Å²) < 4.78 is 0. The van der Waals surface area contributed by atoms with Gasteiger partial charge in [0.25, 0.3) is 0 Å². The Labute approximate surface area is 107 Å². The van der Waals surface area contributed by atoms with E-state index < -0.39 is 0 Å². The Kier molecular flexibility index (Phi) is 8.15. The van der Waals surface area contributed by atoms with Crippen molar-refractivity contribution >= 4 is 5.78 Å². The van der Waals surface area contributed by atoms with Gasteiger partial charge in [0.1, 0.15) is 0 Å². The van der Waals surface area contributed by atoms with Crippen molar-refractivity contribution in [3.63, 3.8) is 0 Å². The maximum absolute atomic E-state index is 12.1. The summed E-state index contributed by atoms with van der Waals surface area (Å²) >= 11 is 0. The van der Waals surface area contributed by atoms with E-state index in [-0.39, 0.29) is 11.5 Å². The first-order valence-electron chi connectivity index (χ1n) is 6.82. The first-order valence-corrected chi connectivity index (χ1v) is 6.82. The van der Waals surface area contributed by atoms with Gasteiger partial charge in [0, 0.05) is 5.92 Å². The minimum Gasteiger partial charge on any atom is -0.308 e. The van der Waals surface area contributed by atoms with Gasteiger partial charge in [-0.1, -0.05) is 39.2 Å². The molecule has 0 aliphatic heterocycles. The van der Waals surface area contributed by atoms with Crippen LogP contribution >= 0.6 is 0 Å². The highest BCUT2D eigenvalue weighted by atomic mass is 16.1. The number of carbonyl (C=O) groups excluding carboxylic acids is 1. The van der Waals surface area contributed by atoms with Crippen molar-refractivity contribution < 1.29 is 4.79 Å². The lowest BCUT2D eigenvalue weighted by Gasteiger charge is -2.29. The molecule has 0 saturated carbocycles. The number of hydrogen-bond donors (Lipinski definition) is 1. The van der Waals surface area contributed by atoms with Gasteiger partial charge in [-0.25, -0.2) is 0 Å². The SMILES string of the molecule is C=CCCCCCC[C@@](C)(NC)C(=O)C(C)C. The molecule has 0 rings (SSSR count). The molecule has 0 spiro atoms. The third-order valence-corrected chi connectivity index (χ3v) is 3.46. The van der Waals surface area contributed by atoms with E-state index in [0.29, 0.717) is 5.78 Å². The Balaban J connectivity index is 3.96. The lowest BCUT2D eigenvalue weighted by molar-refractivity contribution is -0.128. The number of unbranched alkanes of at least 4 members (excludes halogenated alkanes) is 4. The Morgan fingerprint density at radius 2 is 1.88 bits per heavy atom. The standard InChI is InChI=1S/C15H29NO/c1-6-7-8-9-10-11-12-15(4,16-5)14(17)13(2)3/h6,13,16H,1,7-12H2,2-5H3/t15-/m1/s1. The van der Waals surface area contributed by atoms with E-state index in [9.17, 15) is 4.79 Å². The normalized spacial score (nSPS) is 14.6. The van der Waals surface area contributed by atoms with E-state index in [2.05, 4.69) is 11.9 Å². The zero-order valence-electron chi connectivity index (χ0n) is 12.0. The van der Waals surface area contributed by atoms with Crippen LogP contribution in [-0.2, 0) is 4.79 Å². The first-order chi connectivity index (χ1) is 7.98. The van der Waals surface area contributed by atoms with E-state index in [1.54, 1.807) is 0 Å². The number of likely N-dealkylation sites (N-methyl/N-ethyl adjacent to an activating group) is 1. The van der Waals surface area contributed by atoms with Gasteiger partial charge in [0.15, 0.2) is 5.78 Å². The number of rotatable bonds is 10. The molecule has 0 aromatic carbocycles. The number of ketones is 1. The fourth-order valence-corrected chi connectivity index (χ4v) is 2.13. The van der Waals surface area contributed by atoms with Gasteiger partial charge < -0.3 is 5.32 Å².